The third-order valence-electron chi connectivity index (χ3n) is 5.04. The van der Waals surface area contributed by atoms with Gasteiger partial charge in [0.1, 0.15) is 5.60 Å². The lowest BCUT2D eigenvalue weighted by atomic mass is 9.78. The van der Waals surface area contributed by atoms with E-state index in [0.29, 0.717) is 5.69 Å². The Morgan fingerprint density at radius 2 is 1.73 bits per heavy atom. The van der Waals surface area contributed by atoms with Crippen molar-refractivity contribution in [2.24, 2.45) is 0 Å². The van der Waals surface area contributed by atoms with Crippen LogP contribution in [-0.4, -0.2) is 35.9 Å². The van der Waals surface area contributed by atoms with Crippen molar-refractivity contribution in [2.75, 3.05) is 4.90 Å². The summed E-state index contributed by atoms with van der Waals surface area (Å²) in [6, 6.07) is 5.46. The molecule has 2 heterocycles. The lowest BCUT2D eigenvalue weighted by molar-refractivity contribution is -0.117. The van der Waals surface area contributed by atoms with Crippen molar-refractivity contribution in [3.8, 4) is 0 Å². The molecule has 26 heavy (non-hydrogen) atoms. The number of amides is 2. The van der Waals surface area contributed by atoms with Crippen molar-refractivity contribution in [3.05, 3.63) is 23.8 Å². The third kappa shape index (κ3) is 3.26. The lowest BCUT2D eigenvalue weighted by Gasteiger charge is -2.32. The van der Waals surface area contributed by atoms with Crippen LogP contribution in [0.3, 0.4) is 0 Å². The third-order valence-corrected chi connectivity index (χ3v) is 5.04. The van der Waals surface area contributed by atoms with Crippen LogP contribution >= 0.6 is 0 Å². The van der Waals surface area contributed by atoms with E-state index in [9.17, 15) is 9.59 Å². The Morgan fingerprint density at radius 1 is 1.15 bits per heavy atom. The summed E-state index contributed by atoms with van der Waals surface area (Å²) in [6.45, 7) is 13.3. The highest BCUT2D eigenvalue weighted by Crippen LogP contribution is 2.37. The molecule has 0 spiro atoms. The van der Waals surface area contributed by atoms with Gasteiger partial charge in [-0.15, -0.1) is 0 Å². The van der Waals surface area contributed by atoms with Crippen molar-refractivity contribution >= 4 is 30.3 Å². The quantitative estimate of drug-likeness (QED) is 0.722. The van der Waals surface area contributed by atoms with Crippen molar-refractivity contribution in [2.45, 2.75) is 71.7 Å². The summed E-state index contributed by atoms with van der Waals surface area (Å²) in [7, 11) is -0.504. The van der Waals surface area contributed by atoms with Crippen LogP contribution in [0.4, 0.5) is 10.5 Å². The van der Waals surface area contributed by atoms with Gasteiger partial charge in [0.15, 0.2) is 0 Å². The van der Waals surface area contributed by atoms with Gasteiger partial charge in [-0.3, -0.25) is 4.79 Å². The van der Waals surface area contributed by atoms with Crippen LogP contribution in [0.1, 0.15) is 54.0 Å². The maximum Gasteiger partial charge on any atom is 0.494 e. The molecule has 0 saturated carbocycles. The van der Waals surface area contributed by atoms with E-state index in [1.165, 1.54) is 0 Å². The molecule has 7 heteroatoms. The molecule has 140 valence electrons. The zero-order chi connectivity index (χ0) is 19.5. The summed E-state index contributed by atoms with van der Waals surface area (Å²) in [4.78, 5) is 25.8. The number of nitrogens with zero attached hydrogens (tertiary/aromatic N) is 1. The zero-order valence-electron chi connectivity index (χ0n) is 16.5. The second-order valence-electron chi connectivity index (χ2n) is 8.86. The average molecular weight is 359 g/mol. The molecule has 0 bridgehead atoms. The molecule has 0 aliphatic carbocycles. The van der Waals surface area contributed by atoms with E-state index < -0.39 is 30.0 Å². The molecule has 0 aromatic heterocycles. The smallest absolute Gasteiger partial charge is 0.443 e. The number of benzene rings is 1. The minimum absolute atomic E-state index is 0.155. The first-order valence-electron chi connectivity index (χ1n) is 8.85. The molecule has 1 aromatic rings. The molecule has 2 amide bonds. The van der Waals surface area contributed by atoms with Crippen LogP contribution in [0.5, 0.6) is 0 Å². The van der Waals surface area contributed by atoms with Gasteiger partial charge >= 0.3 is 13.2 Å². The van der Waals surface area contributed by atoms with Crippen LogP contribution < -0.4 is 10.4 Å². The molecular formula is C19H26BNO5. The predicted molar refractivity (Wildman–Crippen MR) is 99.6 cm³/mol. The average Bonchev–Trinajstić information content (AvgIpc) is 2.88. The van der Waals surface area contributed by atoms with Gasteiger partial charge in [0.25, 0.3) is 0 Å². The molecule has 0 radical (unpaired) electrons. The summed E-state index contributed by atoms with van der Waals surface area (Å²) >= 11 is 0. The maximum atomic E-state index is 12.4. The standard InChI is InChI=1S/C19H26BNO5/c1-17(2,3)24-16(23)21-14-9-8-13(10-12(14)11-15(21)22)20-25-18(4,5)19(6,7)26-20/h8-10H,11H2,1-7H3. The van der Waals surface area contributed by atoms with Crippen molar-refractivity contribution in [3.63, 3.8) is 0 Å². The van der Waals surface area contributed by atoms with E-state index in [-0.39, 0.29) is 12.3 Å². The molecule has 1 aromatic carbocycles. The van der Waals surface area contributed by atoms with Crippen molar-refractivity contribution in [1.29, 1.82) is 0 Å². The Hall–Kier alpha value is -1.86. The molecule has 1 saturated heterocycles. The van der Waals surface area contributed by atoms with Crippen LogP contribution in [0.15, 0.2) is 18.2 Å². The maximum absolute atomic E-state index is 12.4. The summed E-state index contributed by atoms with van der Waals surface area (Å²) in [6.07, 6.45) is -0.494. The Labute approximate surface area is 154 Å². The number of hydrogen-bond acceptors (Lipinski definition) is 5. The highest BCUT2D eigenvalue weighted by atomic mass is 16.7. The zero-order valence-corrected chi connectivity index (χ0v) is 16.5. The largest absolute Gasteiger partial charge is 0.494 e. The molecular weight excluding hydrogens is 333 g/mol. The first kappa shape index (κ1) is 18.9. The van der Waals surface area contributed by atoms with Gasteiger partial charge < -0.3 is 14.0 Å². The fourth-order valence-electron chi connectivity index (χ4n) is 2.97. The van der Waals surface area contributed by atoms with Gasteiger partial charge in [-0.1, -0.05) is 12.1 Å². The topological polar surface area (TPSA) is 65.1 Å². The predicted octanol–water partition coefficient (Wildman–Crippen LogP) is 2.81. The molecule has 3 rings (SSSR count). The number of rotatable bonds is 1. The summed E-state index contributed by atoms with van der Waals surface area (Å²) in [5, 5.41) is 0. The van der Waals surface area contributed by atoms with Gasteiger partial charge in [-0.05, 0) is 65.6 Å². The second kappa shape index (κ2) is 5.82. The van der Waals surface area contributed by atoms with E-state index in [4.69, 9.17) is 14.0 Å². The SMILES string of the molecule is CC(C)(C)OC(=O)N1C(=O)Cc2cc(B3OC(C)(C)C(C)(C)O3)ccc21. The summed E-state index contributed by atoms with van der Waals surface area (Å²) < 4.78 is 17.5. The van der Waals surface area contributed by atoms with Crippen LogP contribution in [0, 0.1) is 0 Å². The molecule has 1 fully saturated rings. The molecule has 2 aliphatic rings. The lowest BCUT2D eigenvalue weighted by Crippen LogP contribution is -2.41. The number of carbonyl (C=O) groups is 2. The van der Waals surface area contributed by atoms with E-state index in [1.54, 1.807) is 26.8 Å². The van der Waals surface area contributed by atoms with E-state index in [2.05, 4.69) is 0 Å². The molecule has 6 nitrogen and oxygen atoms in total. The number of hydrogen-bond donors (Lipinski definition) is 0. The van der Waals surface area contributed by atoms with Crippen LogP contribution in [-0.2, 0) is 25.3 Å². The summed E-state index contributed by atoms with van der Waals surface area (Å²) in [5.74, 6) is -0.291. The fraction of sp³-hybridized carbons (Fsp3) is 0.579. The molecule has 0 unspecified atom stereocenters. The number of carbonyl (C=O) groups excluding carboxylic acids is 2. The van der Waals surface area contributed by atoms with E-state index in [1.807, 2.05) is 39.8 Å². The van der Waals surface area contributed by atoms with E-state index in [0.717, 1.165) is 15.9 Å². The van der Waals surface area contributed by atoms with Gasteiger partial charge in [0.2, 0.25) is 5.91 Å². The molecule has 0 N–H and O–H groups in total. The normalized spacial score (nSPS) is 21.1. The monoisotopic (exact) mass is 359 g/mol. The Balaban J connectivity index is 1.86. The number of ether oxygens (including phenoxy) is 1. The fourth-order valence-corrected chi connectivity index (χ4v) is 2.97. The number of fused-ring (bicyclic) bond motifs is 1. The summed E-state index contributed by atoms with van der Waals surface area (Å²) in [5.41, 5.74) is 0.631. The van der Waals surface area contributed by atoms with Crippen molar-refractivity contribution in [1.82, 2.24) is 0 Å². The van der Waals surface area contributed by atoms with Gasteiger partial charge in [0, 0.05) is 0 Å². The Kier molecular flexibility index (Phi) is 4.24. The minimum atomic E-state index is -0.664. The van der Waals surface area contributed by atoms with E-state index >= 15 is 0 Å². The second-order valence-corrected chi connectivity index (χ2v) is 8.86. The molecule has 2 aliphatic heterocycles. The van der Waals surface area contributed by atoms with Gasteiger partial charge in [-0.2, -0.15) is 0 Å². The first-order chi connectivity index (χ1) is 11.8. The first-order valence-corrected chi connectivity index (χ1v) is 8.85. The van der Waals surface area contributed by atoms with Crippen LogP contribution in [0.2, 0.25) is 0 Å². The van der Waals surface area contributed by atoms with Gasteiger partial charge in [-0.25, -0.2) is 9.69 Å². The Bertz CT molecular complexity index is 750. The Morgan fingerprint density at radius 3 is 2.27 bits per heavy atom. The van der Waals surface area contributed by atoms with Crippen molar-refractivity contribution < 1.29 is 23.6 Å². The number of imide groups is 1. The van der Waals surface area contributed by atoms with Crippen LogP contribution in [0.25, 0.3) is 0 Å². The highest BCUT2D eigenvalue weighted by Gasteiger charge is 2.52. The number of anilines is 1. The van der Waals surface area contributed by atoms with Gasteiger partial charge in [0.05, 0.1) is 23.3 Å². The minimum Gasteiger partial charge on any atom is -0.443 e. The highest BCUT2D eigenvalue weighted by molar-refractivity contribution is 6.62. The molecule has 0 atom stereocenters.